The molecule has 1 rings (SSSR count). The van der Waals surface area contributed by atoms with Crippen molar-refractivity contribution in [1.82, 2.24) is 0 Å². The fraction of sp³-hybridized carbons (Fsp3) is 0.500. The Kier molecular flexibility index (Phi) is 3.52. The Balaban J connectivity index is 2.87. The first-order valence-corrected chi connectivity index (χ1v) is 5.32. The molecule has 4 heteroatoms. The SMILES string of the molecule is COC(=O)c1cc(CC(C)C)sc1N. The van der Waals surface area contributed by atoms with Crippen LogP contribution in [0, 0.1) is 5.92 Å². The number of hydrogen-bond acceptors (Lipinski definition) is 4. The van der Waals surface area contributed by atoms with Gasteiger partial charge in [0.2, 0.25) is 0 Å². The molecule has 1 heterocycles. The molecule has 14 heavy (non-hydrogen) atoms. The normalized spacial score (nSPS) is 10.6. The van der Waals surface area contributed by atoms with Gasteiger partial charge in [0, 0.05) is 4.88 Å². The van der Waals surface area contributed by atoms with Crippen molar-refractivity contribution in [3.63, 3.8) is 0 Å². The summed E-state index contributed by atoms with van der Waals surface area (Å²) >= 11 is 1.46. The van der Waals surface area contributed by atoms with E-state index in [-0.39, 0.29) is 5.97 Å². The summed E-state index contributed by atoms with van der Waals surface area (Å²) in [5.74, 6) is 0.215. The van der Waals surface area contributed by atoms with E-state index in [9.17, 15) is 4.79 Å². The molecule has 1 aromatic heterocycles. The van der Waals surface area contributed by atoms with Gasteiger partial charge < -0.3 is 10.5 Å². The largest absolute Gasteiger partial charge is 0.465 e. The third-order valence-electron chi connectivity index (χ3n) is 1.83. The van der Waals surface area contributed by atoms with Crippen LogP contribution in [-0.2, 0) is 11.2 Å². The van der Waals surface area contributed by atoms with Crippen molar-refractivity contribution in [2.75, 3.05) is 12.8 Å². The van der Waals surface area contributed by atoms with Crippen molar-refractivity contribution in [2.24, 2.45) is 5.92 Å². The summed E-state index contributed by atoms with van der Waals surface area (Å²) in [5.41, 5.74) is 6.20. The van der Waals surface area contributed by atoms with Gasteiger partial charge in [-0.2, -0.15) is 0 Å². The van der Waals surface area contributed by atoms with E-state index in [1.165, 1.54) is 18.4 Å². The van der Waals surface area contributed by atoms with E-state index in [0.717, 1.165) is 11.3 Å². The van der Waals surface area contributed by atoms with E-state index < -0.39 is 0 Å². The van der Waals surface area contributed by atoms with Crippen LogP contribution in [0.2, 0.25) is 0 Å². The lowest BCUT2D eigenvalue weighted by atomic mass is 10.1. The zero-order valence-electron chi connectivity index (χ0n) is 8.66. The van der Waals surface area contributed by atoms with Crippen LogP contribution in [0.4, 0.5) is 5.00 Å². The van der Waals surface area contributed by atoms with E-state index in [1.54, 1.807) is 0 Å². The minimum Gasteiger partial charge on any atom is -0.465 e. The molecular formula is C10H15NO2S. The third-order valence-corrected chi connectivity index (χ3v) is 2.81. The number of carbonyl (C=O) groups is 1. The number of thiophene rings is 1. The number of ether oxygens (including phenoxy) is 1. The van der Waals surface area contributed by atoms with Crippen LogP contribution in [0.25, 0.3) is 0 Å². The van der Waals surface area contributed by atoms with Gasteiger partial charge >= 0.3 is 5.97 Å². The van der Waals surface area contributed by atoms with Gasteiger partial charge in [0.1, 0.15) is 5.00 Å². The van der Waals surface area contributed by atoms with Crippen molar-refractivity contribution in [2.45, 2.75) is 20.3 Å². The average molecular weight is 213 g/mol. The predicted octanol–water partition coefficient (Wildman–Crippen LogP) is 2.32. The van der Waals surface area contributed by atoms with Crippen molar-refractivity contribution in [1.29, 1.82) is 0 Å². The zero-order chi connectivity index (χ0) is 10.7. The van der Waals surface area contributed by atoms with Gasteiger partial charge in [-0.1, -0.05) is 13.8 Å². The van der Waals surface area contributed by atoms with Gasteiger partial charge in [0.05, 0.1) is 12.7 Å². The van der Waals surface area contributed by atoms with Crippen LogP contribution in [0.1, 0.15) is 29.1 Å². The van der Waals surface area contributed by atoms with E-state index in [2.05, 4.69) is 18.6 Å². The Morgan fingerprint density at radius 1 is 1.64 bits per heavy atom. The number of nitrogen functional groups attached to an aromatic ring is 1. The Hall–Kier alpha value is -1.03. The topological polar surface area (TPSA) is 52.3 Å². The summed E-state index contributed by atoms with van der Waals surface area (Å²) in [7, 11) is 1.36. The molecule has 0 aliphatic carbocycles. The van der Waals surface area contributed by atoms with Crippen molar-refractivity contribution in [3.8, 4) is 0 Å². The molecule has 0 aliphatic rings. The minimum absolute atomic E-state index is 0.353. The smallest absolute Gasteiger partial charge is 0.340 e. The van der Waals surface area contributed by atoms with Gasteiger partial charge in [-0.05, 0) is 18.4 Å². The molecular weight excluding hydrogens is 198 g/mol. The Bertz CT molecular complexity index is 331. The zero-order valence-corrected chi connectivity index (χ0v) is 9.48. The maximum atomic E-state index is 11.2. The molecule has 0 saturated carbocycles. The second-order valence-electron chi connectivity index (χ2n) is 3.58. The molecule has 78 valence electrons. The second-order valence-corrected chi connectivity index (χ2v) is 4.75. The van der Waals surface area contributed by atoms with Crippen molar-refractivity contribution in [3.05, 3.63) is 16.5 Å². The molecule has 0 bridgehead atoms. The molecule has 1 aromatic rings. The van der Waals surface area contributed by atoms with Gasteiger partial charge in [-0.25, -0.2) is 4.79 Å². The predicted molar refractivity (Wildman–Crippen MR) is 58.6 cm³/mol. The average Bonchev–Trinajstić information content (AvgIpc) is 2.44. The number of methoxy groups -OCH3 is 1. The number of esters is 1. The first-order chi connectivity index (χ1) is 6.54. The van der Waals surface area contributed by atoms with Crippen LogP contribution in [0.15, 0.2) is 6.07 Å². The van der Waals surface area contributed by atoms with Crippen molar-refractivity contribution >= 4 is 22.3 Å². The molecule has 0 radical (unpaired) electrons. The molecule has 0 atom stereocenters. The summed E-state index contributed by atoms with van der Waals surface area (Å²) in [4.78, 5) is 12.4. The summed E-state index contributed by atoms with van der Waals surface area (Å²) in [5, 5.41) is 0.549. The highest BCUT2D eigenvalue weighted by atomic mass is 32.1. The van der Waals surface area contributed by atoms with E-state index in [4.69, 9.17) is 5.73 Å². The fourth-order valence-electron chi connectivity index (χ4n) is 1.23. The maximum absolute atomic E-state index is 11.2. The van der Waals surface area contributed by atoms with Gasteiger partial charge in [-0.3, -0.25) is 0 Å². The molecule has 0 saturated heterocycles. The van der Waals surface area contributed by atoms with Crippen LogP contribution in [0.3, 0.4) is 0 Å². The monoisotopic (exact) mass is 213 g/mol. The van der Waals surface area contributed by atoms with E-state index >= 15 is 0 Å². The van der Waals surface area contributed by atoms with E-state index in [1.807, 2.05) is 6.07 Å². The first kappa shape index (κ1) is 11.0. The highest BCUT2D eigenvalue weighted by Gasteiger charge is 2.14. The summed E-state index contributed by atoms with van der Waals surface area (Å²) in [6.45, 7) is 4.27. The molecule has 0 spiro atoms. The number of nitrogens with two attached hydrogens (primary N) is 1. The lowest BCUT2D eigenvalue weighted by Crippen LogP contribution is -2.02. The van der Waals surface area contributed by atoms with Crippen LogP contribution in [-0.4, -0.2) is 13.1 Å². The first-order valence-electron chi connectivity index (χ1n) is 4.51. The van der Waals surface area contributed by atoms with Gasteiger partial charge in [0.25, 0.3) is 0 Å². The fourth-order valence-corrected chi connectivity index (χ4v) is 2.36. The maximum Gasteiger partial charge on any atom is 0.340 e. The lowest BCUT2D eigenvalue weighted by molar-refractivity contribution is 0.0602. The Morgan fingerprint density at radius 3 is 2.79 bits per heavy atom. The number of rotatable bonds is 3. The lowest BCUT2D eigenvalue weighted by Gasteiger charge is -1.99. The molecule has 0 aromatic carbocycles. The molecule has 0 amide bonds. The number of carbonyl (C=O) groups excluding carboxylic acids is 1. The van der Waals surface area contributed by atoms with Gasteiger partial charge in [-0.15, -0.1) is 11.3 Å². The molecule has 0 aliphatic heterocycles. The van der Waals surface area contributed by atoms with E-state index in [0.29, 0.717) is 16.5 Å². The molecule has 0 fully saturated rings. The standard InChI is InChI=1S/C10H15NO2S/c1-6(2)4-7-5-8(9(11)14-7)10(12)13-3/h5-6H,4,11H2,1-3H3. The third kappa shape index (κ3) is 2.48. The van der Waals surface area contributed by atoms with Crippen LogP contribution >= 0.6 is 11.3 Å². The molecule has 0 unspecified atom stereocenters. The summed E-state index contributed by atoms with van der Waals surface area (Å²) < 4.78 is 4.62. The summed E-state index contributed by atoms with van der Waals surface area (Å²) in [6, 6.07) is 1.83. The minimum atomic E-state index is -0.353. The van der Waals surface area contributed by atoms with Gasteiger partial charge in [0.15, 0.2) is 0 Å². The highest BCUT2D eigenvalue weighted by molar-refractivity contribution is 7.16. The quantitative estimate of drug-likeness (QED) is 0.784. The summed E-state index contributed by atoms with van der Waals surface area (Å²) in [6.07, 6.45) is 0.950. The molecule has 3 nitrogen and oxygen atoms in total. The number of hydrogen-bond donors (Lipinski definition) is 1. The van der Waals surface area contributed by atoms with Crippen LogP contribution in [0.5, 0.6) is 0 Å². The Labute approximate surface area is 87.9 Å². The number of anilines is 1. The highest BCUT2D eigenvalue weighted by Crippen LogP contribution is 2.27. The van der Waals surface area contributed by atoms with Crippen LogP contribution < -0.4 is 5.73 Å². The molecule has 2 N–H and O–H groups in total. The second kappa shape index (κ2) is 4.46. The Morgan fingerprint density at radius 2 is 2.29 bits per heavy atom. The van der Waals surface area contributed by atoms with Crippen molar-refractivity contribution < 1.29 is 9.53 Å².